The maximum Gasteiger partial charge on any atom is 0.255 e. The molecule has 0 unspecified atom stereocenters. The van der Waals surface area contributed by atoms with Gasteiger partial charge in [0.1, 0.15) is 5.82 Å². The molecule has 0 spiro atoms. The van der Waals surface area contributed by atoms with E-state index in [0.29, 0.717) is 41.5 Å². The highest BCUT2D eigenvalue weighted by molar-refractivity contribution is 9.10. The second-order valence-electron chi connectivity index (χ2n) is 7.51. The van der Waals surface area contributed by atoms with E-state index < -0.39 is 0 Å². The summed E-state index contributed by atoms with van der Waals surface area (Å²) >= 11 is 9.30. The Morgan fingerprint density at radius 2 is 1.75 bits per heavy atom. The second kappa shape index (κ2) is 10.1. The Morgan fingerprint density at radius 1 is 0.938 bits per heavy atom. The fourth-order valence-electron chi connectivity index (χ4n) is 3.61. The summed E-state index contributed by atoms with van der Waals surface area (Å²) in [6.45, 7) is 2.84. The summed E-state index contributed by atoms with van der Waals surface area (Å²) in [6.07, 6.45) is 2.51. The van der Waals surface area contributed by atoms with Crippen LogP contribution in [0.3, 0.4) is 0 Å². The van der Waals surface area contributed by atoms with Crippen molar-refractivity contribution >= 4 is 50.9 Å². The van der Waals surface area contributed by atoms with Crippen molar-refractivity contribution in [1.82, 2.24) is 9.88 Å². The summed E-state index contributed by atoms with van der Waals surface area (Å²) in [5, 5.41) is 3.43. The van der Waals surface area contributed by atoms with Crippen molar-refractivity contribution in [2.24, 2.45) is 0 Å². The zero-order valence-electron chi connectivity index (χ0n) is 17.3. The SMILES string of the molecule is O=C(Nc1ccc(N2CCCN(C(=O)c3cccc(Br)c3)CC2)nc1)c1ccc(Cl)cc1. The summed E-state index contributed by atoms with van der Waals surface area (Å²) in [5.41, 5.74) is 1.84. The Labute approximate surface area is 200 Å². The van der Waals surface area contributed by atoms with Crippen molar-refractivity contribution in [3.05, 3.63) is 87.5 Å². The number of aromatic nitrogens is 1. The summed E-state index contributed by atoms with van der Waals surface area (Å²) in [5.74, 6) is 0.653. The molecule has 0 atom stereocenters. The van der Waals surface area contributed by atoms with Gasteiger partial charge in [0, 0.05) is 46.8 Å². The fourth-order valence-corrected chi connectivity index (χ4v) is 4.13. The summed E-state index contributed by atoms with van der Waals surface area (Å²) in [4.78, 5) is 33.8. The minimum Gasteiger partial charge on any atom is -0.355 e. The molecule has 32 heavy (non-hydrogen) atoms. The smallest absolute Gasteiger partial charge is 0.255 e. The van der Waals surface area contributed by atoms with Crippen molar-refractivity contribution in [2.75, 3.05) is 36.4 Å². The number of rotatable bonds is 4. The molecule has 0 saturated carbocycles. The lowest BCUT2D eigenvalue weighted by atomic mass is 10.2. The third kappa shape index (κ3) is 5.47. The topological polar surface area (TPSA) is 65.5 Å². The van der Waals surface area contributed by atoms with Gasteiger partial charge in [-0.1, -0.05) is 33.6 Å². The third-order valence-electron chi connectivity index (χ3n) is 5.29. The first kappa shape index (κ1) is 22.3. The third-order valence-corrected chi connectivity index (χ3v) is 6.04. The molecular weight excluding hydrogens is 492 g/mol. The van der Waals surface area contributed by atoms with Crippen LogP contribution in [-0.2, 0) is 0 Å². The van der Waals surface area contributed by atoms with Gasteiger partial charge < -0.3 is 15.1 Å². The van der Waals surface area contributed by atoms with Gasteiger partial charge in [-0.3, -0.25) is 9.59 Å². The van der Waals surface area contributed by atoms with Crippen molar-refractivity contribution in [1.29, 1.82) is 0 Å². The normalized spacial score (nSPS) is 14.1. The molecule has 3 aromatic rings. The first-order chi connectivity index (χ1) is 15.5. The Hall–Kier alpha value is -2.90. The van der Waals surface area contributed by atoms with E-state index in [2.05, 4.69) is 31.1 Å². The van der Waals surface area contributed by atoms with Crippen LogP contribution >= 0.6 is 27.5 Å². The quantitative estimate of drug-likeness (QED) is 0.527. The Balaban J connectivity index is 1.36. The van der Waals surface area contributed by atoms with E-state index in [1.165, 1.54) is 0 Å². The lowest BCUT2D eigenvalue weighted by Crippen LogP contribution is -2.35. The van der Waals surface area contributed by atoms with Gasteiger partial charge in [0.05, 0.1) is 11.9 Å². The highest BCUT2D eigenvalue weighted by Crippen LogP contribution is 2.19. The predicted octanol–water partition coefficient (Wildman–Crippen LogP) is 5.10. The molecule has 1 aliphatic rings. The largest absolute Gasteiger partial charge is 0.355 e. The molecule has 1 N–H and O–H groups in total. The highest BCUT2D eigenvalue weighted by atomic mass is 79.9. The monoisotopic (exact) mass is 512 g/mol. The van der Waals surface area contributed by atoms with Gasteiger partial charge >= 0.3 is 0 Å². The maximum absolute atomic E-state index is 12.9. The molecule has 0 bridgehead atoms. The molecule has 1 aliphatic heterocycles. The molecule has 8 heteroatoms. The Bertz CT molecular complexity index is 1110. The van der Waals surface area contributed by atoms with E-state index in [1.54, 1.807) is 30.5 Å². The van der Waals surface area contributed by atoms with Gasteiger partial charge in [0.15, 0.2) is 0 Å². The Morgan fingerprint density at radius 3 is 2.47 bits per heavy atom. The van der Waals surface area contributed by atoms with Crippen LogP contribution < -0.4 is 10.2 Å². The van der Waals surface area contributed by atoms with Crippen LogP contribution in [0, 0.1) is 0 Å². The number of hydrogen-bond donors (Lipinski definition) is 1. The van der Waals surface area contributed by atoms with E-state index in [9.17, 15) is 9.59 Å². The fraction of sp³-hybridized carbons (Fsp3) is 0.208. The van der Waals surface area contributed by atoms with E-state index in [-0.39, 0.29) is 11.8 Å². The second-order valence-corrected chi connectivity index (χ2v) is 8.86. The van der Waals surface area contributed by atoms with E-state index >= 15 is 0 Å². The van der Waals surface area contributed by atoms with Gasteiger partial charge in [-0.25, -0.2) is 4.98 Å². The van der Waals surface area contributed by atoms with Gasteiger partial charge in [-0.2, -0.15) is 0 Å². The summed E-state index contributed by atoms with van der Waals surface area (Å²) in [7, 11) is 0. The first-order valence-corrected chi connectivity index (χ1v) is 11.5. The van der Waals surface area contributed by atoms with Crippen LogP contribution in [0.4, 0.5) is 11.5 Å². The van der Waals surface area contributed by atoms with E-state index in [4.69, 9.17) is 11.6 Å². The van der Waals surface area contributed by atoms with E-state index in [1.807, 2.05) is 41.3 Å². The average molecular weight is 514 g/mol. The number of nitrogens with zero attached hydrogens (tertiary/aromatic N) is 3. The number of halogens is 2. The van der Waals surface area contributed by atoms with Crippen LogP contribution in [0.1, 0.15) is 27.1 Å². The van der Waals surface area contributed by atoms with Crippen LogP contribution in [0.15, 0.2) is 71.3 Å². The Kier molecular flexibility index (Phi) is 7.07. The highest BCUT2D eigenvalue weighted by Gasteiger charge is 2.21. The van der Waals surface area contributed by atoms with Gasteiger partial charge in [-0.15, -0.1) is 0 Å². The zero-order chi connectivity index (χ0) is 22.5. The van der Waals surface area contributed by atoms with Gasteiger partial charge in [0.25, 0.3) is 11.8 Å². The zero-order valence-corrected chi connectivity index (χ0v) is 19.6. The molecule has 2 amide bonds. The van der Waals surface area contributed by atoms with Gasteiger partial charge in [0.2, 0.25) is 0 Å². The molecule has 2 aromatic carbocycles. The first-order valence-electron chi connectivity index (χ1n) is 10.3. The van der Waals surface area contributed by atoms with Crippen molar-refractivity contribution in [3.8, 4) is 0 Å². The molecule has 0 aliphatic carbocycles. The number of nitrogens with one attached hydrogen (secondary N) is 1. The summed E-state index contributed by atoms with van der Waals surface area (Å²) < 4.78 is 0.896. The van der Waals surface area contributed by atoms with Crippen LogP contribution in [0.25, 0.3) is 0 Å². The average Bonchev–Trinajstić information content (AvgIpc) is 3.06. The number of hydrogen-bond acceptors (Lipinski definition) is 4. The molecule has 6 nitrogen and oxygen atoms in total. The minimum absolute atomic E-state index is 0.0429. The number of pyridine rings is 1. The molecule has 1 fully saturated rings. The van der Waals surface area contributed by atoms with Crippen LogP contribution in [0.5, 0.6) is 0 Å². The molecule has 4 rings (SSSR count). The molecular formula is C24H22BrClN4O2. The maximum atomic E-state index is 12.9. The number of benzene rings is 2. The molecule has 2 heterocycles. The standard InChI is InChI=1S/C24H22BrClN4O2/c25-19-4-1-3-18(15-19)24(32)30-12-2-11-29(13-14-30)22-10-9-21(16-27-22)28-23(31)17-5-7-20(26)8-6-17/h1,3-10,15-16H,2,11-14H2,(H,28,31). The lowest BCUT2D eigenvalue weighted by molar-refractivity contribution is 0.0766. The van der Waals surface area contributed by atoms with E-state index in [0.717, 1.165) is 23.3 Å². The number of anilines is 2. The molecule has 1 aromatic heterocycles. The van der Waals surface area contributed by atoms with Crippen molar-refractivity contribution in [2.45, 2.75) is 6.42 Å². The van der Waals surface area contributed by atoms with Crippen LogP contribution in [0.2, 0.25) is 5.02 Å². The molecule has 0 radical (unpaired) electrons. The number of carbonyl (C=O) groups is 2. The number of amides is 2. The minimum atomic E-state index is -0.215. The number of carbonyl (C=O) groups excluding carboxylic acids is 2. The van der Waals surface area contributed by atoms with Crippen LogP contribution in [-0.4, -0.2) is 47.9 Å². The molecule has 1 saturated heterocycles. The van der Waals surface area contributed by atoms with Crippen molar-refractivity contribution < 1.29 is 9.59 Å². The summed E-state index contributed by atoms with van der Waals surface area (Å²) in [6, 6.07) is 17.9. The predicted molar refractivity (Wildman–Crippen MR) is 131 cm³/mol. The van der Waals surface area contributed by atoms with Crippen molar-refractivity contribution in [3.63, 3.8) is 0 Å². The molecule has 164 valence electrons. The van der Waals surface area contributed by atoms with Gasteiger partial charge in [-0.05, 0) is 61.0 Å². The lowest BCUT2D eigenvalue weighted by Gasteiger charge is -2.23.